The third-order valence-corrected chi connectivity index (χ3v) is 49.7. The van der Waals surface area contributed by atoms with Gasteiger partial charge in [-0.05, 0) is 153 Å². The van der Waals surface area contributed by atoms with Gasteiger partial charge in [0, 0.05) is 24.2 Å². The summed E-state index contributed by atoms with van der Waals surface area (Å²) in [5, 5.41) is 0. The molecule has 0 aliphatic heterocycles. The Morgan fingerprint density at radius 2 is 0.709 bits per heavy atom. The molecule has 0 heterocycles. The molecule has 0 radical (unpaired) electrons. The van der Waals surface area contributed by atoms with Crippen molar-refractivity contribution in [1.29, 1.82) is 0 Å². The molecule has 0 fully saturated rings. The standard InChI is InChI=1S/C66H138O7Si6/c1-28-48-49-54(22)63(70-76(36-9,37-10)38-11)58(26)65(72-78(42-15,43-16)44-17)56(24)51-62(69-75(33-6,34-7)35-8)60(67)52-61(68-74(30-3,31-4)32-5)57(25)66(73-79(45-18,46-19)47-20)59(27)64(55(23)50-53(21)29-2)71-77(39-12,40-13)41-14/h28-29,48-49,54-59,61-66H,1,30-47,50-52H2,2-27H3/b49-48-,53-29+/t54-,55-,56-,57+,58-,59+,61+,62-,63-,64-,65-,66-/m0/s1. The van der Waals surface area contributed by atoms with Crippen LogP contribution in [0.4, 0.5) is 0 Å². The number of carbonyl (C=O) groups excluding carboxylic acids is 1. The summed E-state index contributed by atoms with van der Waals surface area (Å²) in [5.41, 5.74) is 1.41. The zero-order valence-corrected chi connectivity index (χ0v) is 63.7. The monoisotopic (exact) mass is 1210 g/mol. The van der Waals surface area contributed by atoms with E-state index in [0.29, 0.717) is 18.8 Å². The fourth-order valence-electron chi connectivity index (χ4n) is 13.7. The van der Waals surface area contributed by atoms with Gasteiger partial charge in [0.2, 0.25) is 0 Å². The molecule has 7 nitrogen and oxygen atoms in total. The van der Waals surface area contributed by atoms with Crippen LogP contribution >= 0.6 is 0 Å². The Morgan fingerprint density at radius 1 is 0.405 bits per heavy atom. The molecule has 0 aliphatic rings. The van der Waals surface area contributed by atoms with E-state index in [1.165, 1.54) is 5.57 Å². The van der Waals surface area contributed by atoms with Crippen LogP contribution in [0.1, 0.15) is 199 Å². The minimum absolute atomic E-state index is 0.0155. The Bertz CT molecular complexity index is 1640. The molecule has 0 rings (SSSR count). The minimum atomic E-state index is -2.31. The lowest BCUT2D eigenvalue weighted by Crippen LogP contribution is -2.55. The molecule has 0 aliphatic carbocycles. The van der Waals surface area contributed by atoms with Gasteiger partial charge in [-0.25, -0.2) is 0 Å². The van der Waals surface area contributed by atoms with Gasteiger partial charge in [-0.15, -0.1) is 0 Å². The van der Waals surface area contributed by atoms with Crippen LogP contribution in [0.3, 0.4) is 0 Å². The smallest absolute Gasteiger partial charge is 0.193 e. The van der Waals surface area contributed by atoms with Crippen molar-refractivity contribution in [1.82, 2.24) is 0 Å². The lowest BCUT2D eigenvalue weighted by Gasteiger charge is -2.48. The van der Waals surface area contributed by atoms with Crippen molar-refractivity contribution >= 4 is 55.7 Å². The maximum Gasteiger partial charge on any atom is 0.193 e. The van der Waals surface area contributed by atoms with Crippen LogP contribution in [0.15, 0.2) is 36.5 Å². The molecule has 0 aromatic carbocycles. The molecule has 0 bridgehead atoms. The zero-order valence-electron chi connectivity index (χ0n) is 57.7. The van der Waals surface area contributed by atoms with Crippen LogP contribution < -0.4 is 0 Å². The first-order chi connectivity index (χ1) is 37.3. The summed E-state index contributed by atoms with van der Waals surface area (Å²) in [5.74, 6) is 0.824. The number of hydrogen-bond donors (Lipinski definition) is 0. The van der Waals surface area contributed by atoms with E-state index < -0.39 is 56.0 Å². The van der Waals surface area contributed by atoms with Gasteiger partial charge in [-0.2, -0.15) is 0 Å². The maximum absolute atomic E-state index is 16.3. The number of hydrogen-bond acceptors (Lipinski definition) is 7. The zero-order chi connectivity index (χ0) is 61.0. The number of ketones is 1. The Balaban J connectivity index is 8.74. The predicted octanol–water partition coefficient (Wildman–Crippen LogP) is 21.6. The first-order valence-corrected chi connectivity index (χ1v) is 49.0. The molecule has 12 atom stereocenters. The second-order valence-electron chi connectivity index (χ2n) is 25.3. The molecule has 0 amide bonds. The summed E-state index contributed by atoms with van der Waals surface area (Å²) < 4.78 is 47.0. The lowest BCUT2D eigenvalue weighted by molar-refractivity contribution is -0.131. The van der Waals surface area contributed by atoms with E-state index in [9.17, 15) is 0 Å². The average molecular weight is 1210 g/mol. The highest BCUT2D eigenvalue weighted by Crippen LogP contribution is 2.43. The Morgan fingerprint density at radius 3 is 1.05 bits per heavy atom. The lowest BCUT2D eigenvalue weighted by atomic mass is 9.79. The third kappa shape index (κ3) is 22.3. The highest BCUT2D eigenvalue weighted by atomic mass is 28.4. The summed E-state index contributed by atoms with van der Waals surface area (Å²) in [6.45, 7) is 65.2. The van der Waals surface area contributed by atoms with Crippen molar-refractivity contribution in [3.63, 3.8) is 0 Å². The molecule has 0 saturated carbocycles. The summed E-state index contributed by atoms with van der Waals surface area (Å²) in [6.07, 6.45) is 9.36. The molecule has 0 aromatic heterocycles. The highest BCUT2D eigenvalue weighted by Gasteiger charge is 2.49. The third-order valence-electron chi connectivity index (χ3n) is 21.8. The van der Waals surface area contributed by atoms with E-state index in [1.807, 2.05) is 6.08 Å². The number of rotatable bonds is 48. The van der Waals surface area contributed by atoms with Gasteiger partial charge in [-0.3, -0.25) is 4.79 Å². The SMILES string of the molecule is C=C/C=C\[C@H](C)[C@H](O[Si](CC)(CC)CC)[C@H](C)[C@@H](O[Si](CC)(CC)CC)[C@@H](C)C[C@H](O[Si](CC)(CC)CC)C(=O)C[C@@H](O[Si](CC)(CC)CC)[C@@H](C)[C@H](O[Si](CC)(CC)CC)[C@H](C)[C@@H](O[Si](CC)(CC)CC)[C@@H](C)C/C(C)=C/C. The molecule has 0 saturated heterocycles. The largest absolute Gasteiger partial charge is 0.413 e. The van der Waals surface area contributed by atoms with Crippen molar-refractivity contribution in [2.45, 2.75) is 345 Å². The van der Waals surface area contributed by atoms with Crippen LogP contribution in [-0.2, 0) is 31.4 Å². The Labute approximate surface area is 500 Å². The topological polar surface area (TPSA) is 72.5 Å². The maximum atomic E-state index is 16.3. The van der Waals surface area contributed by atoms with Crippen molar-refractivity contribution < 1.29 is 31.4 Å². The summed E-state index contributed by atoms with van der Waals surface area (Å²) in [6, 6.07) is 19.0. The van der Waals surface area contributed by atoms with Gasteiger partial charge in [0.05, 0.1) is 30.5 Å². The van der Waals surface area contributed by atoms with E-state index in [4.69, 9.17) is 26.6 Å². The van der Waals surface area contributed by atoms with Crippen molar-refractivity contribution in [3.05, 3.63) is 36.5 Å². The van der Waals surface area contributed by atoms with Crippen LogP contribution in [0, 0.1) is 35.5 Å². The molecule has 0 spiro atoms. The molecule has 79 heavy (non-hydrogen) atoms. The molecule has 468 valence electrons. The summed E-state index contributed by atoms with van der Waals surface area (Å²) >= 11 is 0. The van der Waals surface area contributed by atoms with E-state index in [-0.39, 0.29) is 65.9 Å². The average Bonchev–Trinajstić information content (AvgIpc) is 3.49. The first kappa shape index (κ1) is 79.0. The molecular weight excluding hydrogens is 1070 g/mol. The fourth-order valence-corrected chi connectivity index (χ4v) is 31.6. The van der Waals surface area contributed by atoms with E-state index in [1.54, 1.807) is 0 Å². The quantitative estimate of drug-likeness (QED) is 0.0341. The highest BCUT2D eigenvalue weighted by molar-refractivity contribution is 6.75. The van der Waals surface area contributed by atoms with E-state index in [0.717, 1.165) is 115 Å². The normalized spacial score (nSPS) is 18.4. The number of allylic oxidation sites excluding steroid dienone is 4. The molecule has 13 heteroatoms. The number of Topliss-reactive ketones (excluding diaryl/α,β-unsaturated/α-hetero) is 1. The first-order valence-electron chi connectivity index (χ1n) is 33.8. The van der Waals surface area contributed by atoms with Gasteiger partial charge in [0.25, 0.3) is 0 Å². The summed E-state index contributed by atoms with van der Waals surface area (Å²) in [7, 11) is -13.1. The van der Waals surface area contributed by atoms with E-state index >= 15 is 4.79 Å². The van der Waals surface area contributed by atoms with Gasteiger partial charge in [0.15, 0.2) is 55.7 Å². The predicted molar refractivity (Wildman–Crippen MR) is 365 cm³/mol. The van der Waals surface area contributed by atoms with Crippen molar-refractivity contribution in [2.24, 2.45) is 35.5 Å². The molecule has 0 unspecified atom stereocenters. The second-order valence-corrected chi connectivity index (χ2v) is 53.6. The van der Waals surface area contributed by atoms with E-state index in [2.05, 4.69) is 205 Å². The van der Waals surface area contributed by atoms with Gasteiger partial charge < -0.3 is 26.6 Å². The molecule has 0 aromatic rings. The number of carbonyl (C=O) groups is 1. The van der Waals surface area contributed by atoms with Gasteiger partial charge in [0.1, 0.15) is 6.10 Å². The van der Waals surface area contributed by atoms with Crippen LogP contribution in [0.25, 0.3) is 0 Å². The van der Waals surface area contributed by atoms with Gasteiger partial charge in [-0.1, -0.05) is 203 Å². The summed E-state index contributed by atoms with van der Waals surface area (Å²) in [4.78, 5) is 16.3. The van der Waals surface area contributed by atoms with Crippen LogP contribution in [-0.4, -0.2) is 92.3 Å². The Hall–Kier alpha value is -0.0487. The fraction of sp³-hybridized carbons (Fsp3) is 0.894. The van der Waals surface area contributed by atoms with Gasteiger partial charge >= 0.3 is 0 Å². The van der Waals surface area contributed by atoms with Crippen LogP contribution in [0.2, 0.25) is 109 Å². The molecular formula is C66H138O7Si6. The Kier molecular flexibility index (Phi) is 38.9. The molecule has 0 N–H and O–H groups in total. The van der Waals surface area contributed by atoms with Crippen molar-refractivity contribution in [3.8, 4) is 0 Å². The second kappa shape index (κ2) is 38.9. The van der Waals surface area contributed by atoms with Crippen LogP contribution in [0.5, 0.6) is 0 Å². The minimum Gasteiger partial charge on any atom is -0.413 e. The van der Waals surface area contributed by atoms with Crippen molar-refractivity contribution in [2.75, 3.05) is 0 Å².